The van der Waals surface area contributed by atoms with Gasteiger partial charge in [0.15, 0.2) is 6.10 Å². The van der Waals surface area contributed by atoms with Gasteiger partial charge in [0, 0.05) is 10.7 Å². The van der Waals surface area contributed by atoms with E-state index in [1.54, 1.807) is 0 Å². The average Bonchev–Trinajstić information content (AvgIpc) is 2.96. The first-order valence-corrected chi connectivity index (χ1v) is 10.7. The molecule has 3 rings (SSSR count). The molecule has 1 amide bonds. The smallest absolute Gasteiger partial charge is 0.439 e. The van der Waals surface area contributed by atoms with Crippen LogP contribution >= 0.6 is 23.2 Å². The number of hydrogen-bond acceptors (Lipinski definition) is 4. The SMILES string of the molecule is C[C@H](Oc1ccc(Cl)cc1Cl)C(=O)N1N=C2CC[C@H](C(C)(C)C)C[C@@H]2[C@@]1(O)C(F)(F)F. The molecule has 0 bridgehead atoms. The van der Waals surface area contributed by atoms with Crippen LogP contribution in [0.5, 0.6) is 5.75 Å². The molecule has 1 aromatic rings. The summed E-state index contributed by atoms with van der Waals surface area (Å²) >= 11 is 11.9. The van der Waals surface area contributed by atoms with E-state index in [0.717, 1.165) is 0 Å². The lowest BCUT2D eigenvalue weighted by atomic mass is 9.66. The van der Waals surface area contributed by atoms with Crippen molar-refractivity contribution in [3.63, 3.8) is 0 Å². The molecule has 0 radical (unpaired) electrons. The molecular formula is C21H25Cl2F3N2O3. The van der Waals surface area contributed by atoms with Crippen molar-refractivity contribution in [2.45, 2.75) is 65.0 Å². The van der Waals surface area contributed by atoms with E-state index in [1.165, 1.54) is 25.1 Å². The van der Waals surface area contributed by atoms with Crippen LogP contribution in [-0.4, -0.2) is 39.7 Å². The molecule has 0 spiro atoms. The van der Waals surface area contributed by atoms with Gasteiger partial charge >= 0.3 is 6.18 Å². The fourth-order valence-corrected chi connectivity index (χ4v) is 4.66. The Balaban J connectivity index is 1.90. The highest BCUT2D eigenvalue weighted by Crippen LogP contribution is 2.52. The van der Waals surface area contributed by atoms with Crippen molar-refractivity contribution in [2.75, 3.05) is 0 Å². The molecule has 1 heterocycles. The summed E-state index contributed by atoms with van der Waals surface area (Å²) in [5.74, 6) is -2.40. The van der Waals surface area contributed by atoms with Crippen LogP contribution in [0.15, 0.2) is 23.3 Å². The Morgan fingerprint density at radius 1 is 1.32 bits per heavy atom. The Bertz CT molecular complexity index is 901. The monoisotopic (exact) mass is 480 g/mol. The van der Waals surface area contributed by atoms with Crippen LogP contribution in [0.4, 0.5) is 13.2 Å². The number of carbonyl (C=O) groups is 1. The minimum atomic E-state index is -5.10. The van der Waals surface area contributed by atoms with E-state index in [2.05, 4.69) is 5.10 Å². The molecule has 4 atom stereocenters. The number of halogens is 5. The second kappa shape index (κ2) is 8.12. The van der Waals surface area contributed by atoms with Crippen LogP contribution in [0.3, 0.4) is 0 Å². The van der Waals surface area contributed by atoms with Gasteiger partial charge < -0.3 is 9.84 Å². The number of amides is 1. The second-order valence-electron chi connectivity index (χ2n) is 9.19. The lowest BCUT2D eigenvalue weighted by Gasteiger charge is -2.43. The molecule has 1 N–H and O–H groups in total. The zero-order valence-electron chi connectivity index (χ0n) is 17.6. The Morgan fingerprint density at radius 2 is 1.97 bits per heavy atom. The molecule has 1 saturated carbocycles. The number of aliphatic hydroxyl groups is 1. The third-order valence-electron chi connectivity index (χ3n) is 6.10. The number of benzene rings is 1. The van der Waals surface area contributed by atoms with Gasteiger partial charge in [0.1, 0.15) is 5.75 Å². The minimum absolute atomic E-state index is 0.0538. The molecule has 5 nitrogen and oxygen atoms in total. The third kappa shape index (κ3) is 4.39. The molecule has 0 aromatic heterocycles. The van der Waals surface area contributed by atoms with Crippen LogP contribution in [0.25, 0.3) is 0 Å². The van der Waals surface area contributed by atoms with Crippen molar-refractivity contribution in [3.8, 4) is 5.75 Å². The van der Waals surface area contributed by atoms with Gasteiger partial charge in [0.05, 0.1) is 10.9 Å². The van der Waals surface area contributed by atoms with Crippen molar-refractivity contribution in [3.05, 3.63) is 28.2 Å². The standard InChI is InChI=1S/C21H25Cl2F3N2O3/c1-11(31-17-8-6-13(22)10-15(17)23)18(29)28-20(30,21(24,25)26)14-9-12(19(2,3)4)5-7-16(14)27-28/h6,8,10-12,14,30H,5,7,9H2,1-4H3/t11-,12-,14-,20+/m0/s1. The molecule has 31 heavy (non-hydrogen) atoms. The number of ether oxygens (including phenoxy) is 1. The summed E-state index contributed by atoms with van der Waals surface area (Å²) in [6, 6.07) is 4.27. The maximum Gasteiger partial charge on any atom is 0.439 e. The lowest BCUT2D eigenvalue weighted by molar-refractivity contribution is -0.319. The number of rotatable bonds is 3. The quantitative estimate of drug-likeness (QED) is 0.605. The zero-order valence-corrected chi connectivity index (χ0v) is 19.1. The number of carbonyl (C=O) groups excluding carboxylic acids is 1. The van der Waals surface area contributed by atoms with Gasteiger partial charge in [0.25, 0.3) is 11.6 Å². The van der Waals surface area contributed by atoms with Gasteiger partial charge in [-0.1, -0.05) is 44.0 Å². The molecule has 1 fully saturated rings. The first-order chi connectivity index (χ1) is 14.2. The fraction of sp³-hybridized carbons (Fsp3) is 0.619. The van der Waals surface area contributed by atoms with Crippen molar-refractivity contribution in [1.29, 1.82) is 0 Å². The first kappa shape index (κ1) is 24.1. The van der Waals surface area contributed by atoms with Crippen LogP contribution in [-0.2, 0) is 4.79 Å². The molecule has 1 aromatic carbocycles. The maximum atomic E-state index is 14.2. The van der Waals surface area contributed by atoms with Gasteiger partial charge in [-0.2, -0.15) is 23.3 Å². The van der Waals surface area contributed by atoms with Crippen molar-refractivity contribution >= 4 is 34.8 Å². The largest absolute Gasteiger partial charge is 0.479 e. The maximum absolute atomic E-state index is 14.2. The zero-order chi connectivity index (χ0) is 23.4. The normalized spacial score (nSPS) is 27.5. The van der Waals surface area contributed by atoms with Crippen LogP contribution in [0, 0.1) is 17.3 Å². The summed E-state index contributed by atoms with van der Waals surface area (Å²) in [7, 11) is 0. The molecule has 0 saturated heterocycles. The molecular weight excluding hydrogens is 456 g/mol. The van der Waals surface area contributed by atoms with Crippen LogP contribution in [0.1, 0.15) is 47.0 Å². The van der Waals surface area contributed by atoms with Gasteiger partial charge in [-0.05, 0) is 55.7 Å². The van der Waals surface area contributed by atoms with E-state index in [9.17, 15) is 23.1 Å². The van der Waals surface area contributed by atoms with E-state index < -0.39 is 29.8 Å². The summed E-state index contributed by atoms with van der Waals surface area (Å²) in [4.78, 5) is 13.0. The molecule has 0 unspecified atom stereocenters. The lowest BCUT2D eigenvalue weighted by Crippen LogP contribution is -2.63. The fourth-order valence-electron chi connectivity index (χ4n) is 4.21. The number of alkyl halides is 3. The van der Waals surface area contributed by atoms with Crippen LogP contribution < -0.4 is 4.74 Å². The van der Waals surface area contributed by atoms with Crippen molar-refractivity contribution in [1.82, 2.24) is 5.01 Å². The summed E-state index contributed by atoms with van der Waals surface area (Å²) < 4.78 is 47.9. The molecule has 2 aliphatic rings. The summed E-state index contributed by atoms with van der Waals surface area (Å²) in [5, 5.41) is 15.5. The molecule has 1 aliphatic heterocycles. The average molecular weight is 481 g/mol. The van der Waals surface area contributed by atoms with Crippen molar-refractivity contribution in [2.24, 2.45) is 22.4 Å². The first-order valence-electron chi connectivity index (χ1n) is 9.98. The Morgan fingerprint density at radius 3 is 2.52 bits per heavy atom. The summed E-state index contributed by atoms with van der Waals surface area (Å²) in [6.07, 6.45) is -5.47. The number of hydrogen-bond donors (Lipinski definition) is 1. The molecule has 10 heteroatoms. The third-order valence-corrected chi connectivity index (χ3v) is 6.64. The van der Waals surface area contributed by atoms with E-state index in [1.807, 2.05) is 20.8 Å². The van der Waals surface area contributed by atoms with E-state index in [0.29, 0.717) is 11.4 Å². The Labute approximate surface area is 189 Å². The molecule has 172 valence electrons. The highest BCUT2D eigenvalue weighted by atomic mass is 35.5. The van der Waals surface area contributed by atoms with Gasteiger partial charge in [-0.25, -0.2) is 0 Å². The van der Waals surface area contributed by atoms with Gasteiger partial charge in [-0.3, -0.25) is 4.79 Å². The number of fused-ring (bicyclic) bond motifs is 1. The summed E-state index contributed by atoms with van der Waals surface area (Å²) in [5.41, 5.74) is -3.48. The van der Waals surface area contributed by atoms with E-state index >= 15 is 0 Å². The Kier molecular flexibility index (Phi) is 6.32. The van der Waals surface area contributed by atoms with Gasteiger partial charge in [-0.15, -0.1) is 0 Å². The highest BCUT2D eigenvalue weighted by Gasteiger charge is 2.69. The highest BCUT2D eigenvalue weighted by molar-refractivity contribution is 6.35. The number of hydrazone groups is 1. The predicted molar refractivity (Wildman–Crippen MR) is 112 cm³/mol. The Hall–Kier alpha value is -1.51. The van der Waals surface area contributed by atoms with Crippen LogP contribution in [0.2, 0.25) is 10.0 Å². The number of nitrogens with zero attached hydrogens (tertiary/aromatic N) is 2. The summed E-state index contributed by atoms with van der Waals surface area (Å²) in [6.45, 7) is 7.15. The minimum Gasteiger partial charge on any atom is -0.479 e. The topological polar surface area (TPSA) is 62.1 Å². The van der Waals surface area contributed by atoms with E-state index in [4.69, 9.17) is 27.9 Å². The molecule has 1 aliphatic carbocycles. The van der Waals surface area contributed by atoms with Crippen molar-refractivity contribution < 1.29 is 27.8 Å². The second-order valence-corrected chi connectivity index (χ2v) is 10.0. The van der Waals surface area contributed by atoms with E-state index in [-0.39, 0.29) is 45.7 Å². The van der Waals surface area contributed by atoms with Gasteiger partial charge in [0.2, 0.25) is 0 Å². The predicted octanol–water partition coefficient (Wildman–Crippen LogP) is 5.67.